The molecular formula is C39H27N. The Kier molecular flexibility index (Phi) is 5.11. The van der Waals surface area contributed by atoms with E-state index in [2.05, 4.69) is 163 Å². The first-order valence-corrected chi connectivity index (χ1v) is 13.9. The van der Waals surface area contributed by atoms with Crippen LogP contribution in [0.15, 0.2) is 158 Å². The summed E-state index contributed by atoms with van der Waals surface area (Å²) in [6, 6.07) is 57.3. The fourth-order valence-electron chi connectivity index (χ4n) is 6.83. The van der Waals surface area contributed by atoms with E-state index in [4.69, 9.17) is 0 Å². The molecule has 8 rings (SSSR count). The lowest BCUT2D eigenvalue weighted by Crippen LogP contribution is -2.28. The monoisotopic (exact) mass is 509 g/mol. The summed E-state index contributed by atoms with van der Waals surface area (Å²) < 4.78 is 0. The van der Waals surface area contributed by atoms with Gasteiger partial charge in [0.15, 0.2) is 0 Å². The zero-order chi connectivity index (χ0) is 26.5. The van der Waals surface area contributed by atoms with Crippen molar-refractivity contribution in [3.8, 4) is 11.1 Å². The number of fused-ring (bicyclic) bond motifs is 6. The quantitative estimate of drug-likeness (QED) is 0.233. The Hall–Kier alpha value is -5.14. The van der Waals surface area contributed by atoms with Gasteiger partial charge in [0, 0.05) is 16.9 Å². The van der Waals surface area contributed by atoms with E-state index in [1.807, 2.05) is 0 Å². The Morgan fingerprint density at radius 3 is 1.80 bits per heavy atom. The summed E-state index contributed by atoms with van der Waals surface area (Å²) in [6.07, 6.45) is 0. The van der Waals surface area contributed by atoms with Crippen molar-refractivity contribution in [2.75, 3.05) is 5.32 Å². The van der Waals surface area contributed by atoms with Crippen LogP contribution in [0.3, 0.4) is 0 Å². The SMILES string of the molecule is c1ccc(C2(c3ccccc3)c3ccccc3-c3c(Nc4ccc5ccc6ccccc6c5c4)cccc32)cc1. The van der Waals surface area contributed by atoms with Crippen LogP contribution in [0.2, 0.25) is 0 Å². The van der Waals surface area contributed by atoms with Crippen molar-refractivity contribution in [2.24, 2.45) is 0 Å². The molecule has 1 N–H and O–H groups in total. The predicted molar refractivity (Wildman–Crippen MR) is 168 cm³/mol. The second kappa shape index (κ2) is 8.97. The van der Waals surface area contributed by atoms with Gasteiger partial charge in [-0.25, -0.2) is 0 Å². The van der Waals surface area contributed by atoms with Crippen LogP contribution < -0.4 is 5.32 Å². The summed E-state index contributed by atoms with van der Waals surface area (Å²) in [5.74, 6) is 0. The highest BCUT2D eigenvalue weighted by molar-refractivity contribution is 6.08. The van der Waals surface area contributed by atoms with E-state index in [9.17, 15) is 0 Å². The molecule has 0 saturated carbocycles. The van der Waals surface area contributed by atoms with E-state index in [0.717, 1.165) is 11.4 Å². The van der Waals surface area contributed by atoms with Crippen LogP contribution >= 0.6 is 0 Å². The molecule has 0 saturated heterocycles. The molecule has 7 aromatic carbocycles. The van der Waals surface area contributed by atoms with E-state index in [1.54, 1.807) is 0 Å². The van der Waals surface area contributed by atoms with Gasteiger partial charge in [0.05, 0.1) is 5.41 Å². The van der Waals surface area contributed by atoms with E-state index in [0.29, 0.717) is 0 Å². The van der Waals surface area contributed by atoms with Crippen LogP contribution in [0.4, 0.5) is 11.4 Å². The maximum Gasteiger partial charge on any atom is 0.0714 e. The Balaban J connectivity index is 1.37. The van der Waals surface area contributed by atoms with Crippen LogP contribution in [0.25, 0.3) is 32.7 Å². The van der Waals surface area contributed by atoms with Crippen molar-refractivity contribution in [3.05, 3.63) is 180 Å². The standard InChI is InChI=1S/C39H27N/c1-3-13-29(14-4-1)39(30-15-5-2-6-16-30)35-19-10-9-18-33(35)38-36(39)20-11-21-37(38)40-31-25-24-28-23-22-27-12-7-8-17-32(27)34(28)26-31/h1-26,40H. The fourth-order valence-corrected chi connectivity index (χ4v) is 6.83. The molecule has 1 aliphatic rings. The molecule has 0 fully saturated rings. The lowest BCUT2D eigenvalue weighted by molar-refractivity contribution is 0.768. The van der Waals surface area contributed by atoms with Gasteiger partial charge in [-0.3, -0.25) is 0 Å². The molecule has 40 heavy (non-hydrogen) atoms. The van der Waals surface area contributed by atoms with Crippen molar-refractivity contribution in [2.45, 2.75) is 5.41 Å². The smallest absolute Gasteiger partial charge is 0.0714 e. The highest BCUT2D eigenvalue weighted by Crippen LogP contribution is 2.58. The fraction of sp³-hybridized carbons (Fsp3) is 0.0256. The minimum absolute atomic E-state index is 0.397. The zero-order valence-corrected chi connectivity index (χ0v) is 22.0. The van der Waals surface area contributed by atoms with Gasteiger partial charge in [0.1, 0.15) is 0 Å². The number of hydrogen-bond acceptors (Lipinski definition) is 1. The summed E-state index contributed by atoms with van der Waals surface area (Å²) in [5, 5.41) is 8.89. The maximum atomic E-state index is 3.84. The second-order valence-corrected chi connectivity index (χ2v) is 10.6. The van der Waals surface area contributed by atoms with Crippen LogP contribution in [0.1, 0.15) is 22.3 Å². The molecule has 0 unspecified atom stereocenters. The molecule has 0 aromatic heterocycles. The molecule has 0 bridgehead atoms. The number of benzene rings is 7. The number of hydrogen-bond donors (Lipinski definition) is 1. The molecular weight excluding hydrogens is 482 g/mol. The highest BCUT2D eigenvalue weighted by atomic mass is 14.9. The van der Waals surface area contributed by atoms with E-state index >= 15 is 0 Å². The summed E-state index contributed by atoms with van der Waals surface area (Å²) in [7, 11) is 0. The Morgan fingerprint density at radius 2 is 1.02 bits per heavy atom. The molecule has 0 aliphatic heterocycles. The minimum Gasteiger partial charge on any atom is -0.355 e. The number of rotatable bonds is 4. The topological polar surface area (TPSA) is 12.0 Å². The first kappa shape index (κ1) is 22.8. The van der Waals surface area contributed by atoms with Crippen LogP contribution in [0.5, 0.6) is 0 Å². The van der Waals surface area contributed by atoms with Crippen molar-refractivity contribution < 1.29 is 0 Å². The molecule has 1 nitrogen and oxygen atoms in total. The van der Waals surface area contributed by atoms with Crippen molar-refractivity contribution >= 4 is 32.9 Å². The first-order chi connectivity index (χ1) is 19.8. The molecule has 0 radical (unpaired) electrons. The third-order valence-corrected chi connectivity index (χ3v) is 8.51. The molecule has 0 amide bonds. The Bertz CT molecular complexity index is 1980. The first-order valence-electron chi connectivity index (χ1n) is 13.9. The number of anilines is 2. The highest BCUT2D eigenvalue weighted by Gasteiger charge is 2.46. The second-order valence-electron chi connectivity index (χ2n) is 10.6. The summed E-state index contributed by atoms with van der Waals surface area (Å²) in [6.45, 7) is 0. The lowest BCUT2D eigenvalue weighted by Gasteiger charge is -2.33. The third-order valence-electron chi connectivity index (χ3n) is 8.51. The van der Waals surface area contributed by atoms with Gasteiger partial charge in [-0.15, -0.1) is 0 Å². The van der Waals surface area contributed by atoms with E-state index in [1.165, 1.54) is 54.9 Å². The maximum absolute atomic E-state index is 3.84. The van der Waals surface area contributed by atoms with Gasteiger partial charge in [0.2, 0.25) is 0 Å². The molecule has 0 atom stereocenters. The molecule has 1 heteroatoms. The zero-order valence-electron chi connectivity index (χ0n) is 22.0. The Morgan fingerprint density at radius 1 is 0.425 bits per heavy atom. The normalized spacial score (nSPS) is 13.2. The van der Waals surface area contributed by atoms with Gasteiger partial charge < -0.3 is 5.32 Å². The summed E-state index contributed by atoms with van der Waals surface area (Å²) in [5.41, 5.74) is 9.55. The minimum atomic E-state index is -0.397. The molecule has 7 aromatic rings. The molecule has 188 valence electrons. The van der Waals surface area contributed by atoms with Crippen molar-refractivity contribution in [1.82, 2.24) is 0 Å². The average Bonchev–Trinajstić information content (AvgIpc) is 3.34. The van der Waals surface area contributed by atoms with E-state index in [-0.39, 0.29) is 0 Å². The molecule has 0 spiro atoms. The molecule has 1 aliphatic carbocycles. The lowest BCUT2D eigenvalue weighted by atomic mass is 9.68. The van der Waals surface area contributed by atoms with Crippen LogP contribution in [-0.2, 0) is 5.41 Å². The number of nitrogens with one attached hydrogen (secondary N) is 1. The van der Waals surface area contributed by atoms with Crippen molar-refractivity contribution in [1.29, 1.82) is 0 Å². The van der Waals surface area contributed by atoms with Gasteiger partial charge in [-0.2, -0.15) is 0 Å². The summed E-state index contributed by atoms with van der Waals surface area (Å²) in [4.78, 5) is 0. The predicted octanol–water partition coefficient (Wildman–Crippen LogP) is 10.1. The third kappa shape index (κ3) is 3.28. The van der Waals surface area contributed by atoms with E-state index < -0.39 is 5.41 Å². The van der Waals surface area contributed by atoms with Crippen LogP contribution in [-0.4, -0.2) is 0 Å². The van der Waals surface area contributed by atoms with Gasteiger partial charge >= 0.3 is 0 Å². The van der Waals surface area contributed by atoms with Gasteiger partial charge in [-0.1, -0.05) is 140 Å². The molecule has 0 heterocycles. The van der Waals surface area contributed by atoms with Crippen LogP contribution in [0, 0.1) is 0 Å². The van der Waals surface area contributed by atoms with Gasteiger partial charge in [-0.05, 0) is 67.6 Å². The average molecular weight is 510 g/mol. The summed E-state index contributed by atoms with van der Waals surface area (Å²) >= 11 is 0. The largest absolute Gasteiger partial charge is 0.355 e. The van der Waals surface area contributed by atoms with Crippen molar-refractivity contribution in [3.63, 3.8) is 0 Å². The van der Waals surface area contributed by atoms with Gasteiger partial charge in [0.25, 0.3) is 0 Å². The Labute approximate surface area is 234 Å².